The molecule has 0 unspecified atom stereocenters. The van der Waals surface area contributed by atoms with Gasteiger partial charge >= 0.3 is 0 Å². The lowest BCUT2D eigenvalue weighted by atomic mass is 10.1. The maximum atomic E-state index is 5.34. The molecular weight excluding hydrogens is 310 g/mol. The summed E-state index contributed by atoms with van der Waals surface area (Å²) in [5, 5.41) is 8.05. The van der Waals surface area contributed by atoms with Crippen LogP contribution in [-0.4, -0.2) is 23.4 Å². The number of hydrogen-bond donors (Lipinski definition) is 1. The molecule has 0 aliphatic heterocycles. The van der Waals surface area contributed by atoms with Crippen LogP contribution in [0, 0.1) is 12.3 Å². The van der Waals surface area contributed by atoms with Gasteiger partial charge in [-0.15, -0.1) is 6.42 Å². The van der Waals surface area contributed by atoms with Gasteiger partial charge in [0.25, 0.3) is 0 Å². The minimum absolute atomic E-state index is 0.529. The molecule has 0 spiro atoms. The maximum Gasteiger partial charge on any atom is 0.119 e. The van der Waals surface area contributed by atoms with Crippen molar-refractivity contribution >= 4 is 0 Å². The Labute approximate surface area is 148 Å². The van der Waals surface area contributed by atoms with Gasteiger partial charge in [-0.25, -0.2) is 0 Å². The van der Waals surface area contributed by atoms with E-state index in [1.807, 2.05) is 47.1 Å². The van der Waals surface area contributed by atoms with Crippen molar-refractivity contribution in [1.82, 2.24) is 15.1 Å². The number of hydrogen-bond acceptors (Lipinski definition) is 3. The summed E-state index contributed by atoms with van der Waals surface area (Å²) in [6.45, 7) is 1.93. The maximum absolute atomic E-state index is 5.34. The van der Waals surface area contributed by atoms with Gasteiger partial charge in [-0.1, -0.05) is 48.4 Å². The van der Waals surface area contributed by atoms with E-state index in [2.05, 4.69) is 29.6 Å². The molecule has 4 nitrogen and oxygen atoms in total. The van der Waals surface area contributed by atoms with Gasteiger partial charge in [0.1, 0.15) is 5.75 Å². The average Bonchev–Trinajstić information content (AvgIpc) is 3.05. The van der Waals surface area contributed by atoms with Crippen LogP contribution in [0.4, 0.5) is 0 Å². The lowest BCUT2D eigenvalue weighted by molar-refractivity contribution is 0.415. The summed E-state index contributed by atoms with van der Waals surface area (Å²) in [6, 6.07) is 18.2. The van der Waals surface area contributed by atoms with Crippen molar-refractivity contribution < 1.29 is 4.74 Å². The van der Waals surface area contributed by atoms with Gasteiger partial charge in [0.2, 0.25) is 0 Å². The Morgan fingerprint density at radius 1 is 1.16 bits per heavy atom. The van der Waals surface area contributed by atoms with E-state index < -0.39 is 0 Å². The molecule has 1 N–H and O–H groups in total. The van der Waals surface area contributed by atoms with Gasteiger partial charge in [-0.2, -0.15) is 5.10 Å². The molecule has 0 atom stereocenters. The van der Waals surface area contributed by atoms with Gasteiger partial charge < -0.3 is 10.1 Å². The normalized spacial score (nSPS) is 10.4. The molecule has 0 bridgehead atoms. The fourth-order valence-corrected chi connectivity index (χ4v) is 2.73. The predicted octanol–water partition coefficient (Wildman–Crippen LogP) is 3.33. The molecular formula is C21H21N3O. The quantitative estimate of drug-likeness (QED) is 0.533. The van der Waals surface area contributed by atoms with Crippen LogP contribution in [0.25, 0.3) is 11.3 Å². The summed E-state index contributed by atoms with van der Waals surface area (Å²) in [4.78, 5) is 0. The third kappa shape index (κ3) is 4.28. The Morgan fingerprint density at radius 3 is 2.76 bits per heavy atom. The summed E-state index contributed by atoms with van der Waals surface area (Å²) in [5.74, 6) is 3.42. The topological polar surface area (TPSA) is 39.1 Å². The number of terminal acetylenes is 1. The van der Waals surface area contributed by atoms with E-state index in [9.17, 15) is 0 Å². The molecule has 1 heterocycles. The van der Waals surface area contributed by atoms with E-state index >= 15 is 0 Å². The molecule has 0 radical (unpaired) electrons. The number of benzene rings is 2. The second kappa shape index (κ2) is 8.18. The number of nitrogens with one attached hydrogen (secondary N) is 1. The highest BCUT2D eigenvalue weighted by molar-refractivity contribution is 5.64. The second-order valence-corrected chi connectivity index (χ2v) is 5.73. The van der Waals surface area contributed by atoms with E-state index in [-0.39, 0.29) is 0 Å². The molecule has 4 heteroatoms. The summed E-state index contributed by atoms with van der Waals surface area (Å²) in [5.41, 5.74) is 4.30. The summed E-state index contributed by atoms with van der Waals surface area (Å²) in [7, 11) is 1.67. The summed E-state index contributed by atoms with van der Waals surface area (Å²) in [6.07, 6.45) is 7.41. The van der Waals surface area contributed by atoms with Crippen molar-refractivity contribution in [2.24, 2.45) is 0 Å². The van der Waals surface area contributed by atoms with Crippen LogP contribution in [0.15, 0.2) is 60.8 Å². The zero-order valence-electron chi connectivity index (χ0n) is 14.3. The molecule has 0 saturated heterocycles. The monoisotopic (exact) mass is 331 g/mol. The lowest BCUT2D eigenvalue weighted by Crippen LogP contribution is -2.13. The first kappa shape index (κ1) is 16.8. The highest BCUT2D eigenvalue weighted by atomic mass is 16.5. The van der Waals surface area contributed by atoms with Crippen molar-refractivity contribution in [2.45, 2.75) is 13.1 Å². The first-order chi connectivity index (χ1) is 12.3. The zero-order chi connectivity index (χ0) is 17.5. The first-order valence-corrected chi connectivity index (χ1v) is 8.19. The molecule has 126 valence electrons. The minimum atomic E-state index is 0.529. The summed E-state index contributed by atoms with van der Waals surface area (Å²) < 4.78 is 7.31. The van der Waals surface area contributed by atoms with Crippen molar-refractivity contribution in [3.05, 3.63) is 71.9 Å². The highest BCUT2D eigenvalue weighted by Crippen LogP contribution is 2.26. The first-order valence-electron chi connectivity index (χ1n) is 8.19. The Balaban J connectivity index is 1.92. The molecule has 2 aromatic carbocycles. The van der Waals surface area contributed by atoms with Crippen LogP contribution < -0.4 is 10.1 Å². The fourth-order valence-electron chi connectivity index (χ4n) is 2.73. The van der Waals surface area contributed by atoms with Crippen LogP contribution in [-0.2, 0) is 13.1 Å². The van der Waals surface area contributed by atoms with Crippen molar-refractivity contribution in [3.8, 4) is 29.4 Å². The molecule has 0 fully saturated rings. The average molecular weight is 331 g/mol. The second-order valence-electron chi connectivity index (χ2n) is 5.73. The predicted molar refractivity (Wildman–Crippen MR) is 100 cm³/mol. The van der Waals surface area contributed by atoms with Gasteiger partial charge in [0.05, 0.1) is 25.9 Å². The molecule has 3 rings (SSSR count). The number of ether oxygens (including phenoxy) is 1. The number of aromatic nitrogens is 2. The molecule has 0 saturated carbocycles. The smallest absolute Gasteiger partial charge is 0.119 e. The largest absolute Gasteiger partial charge is 0.497 e. The number of nitrogens with zero attached hydrogens (tertiary/aromatic N) is 2. The highest BCUT2D eigenvalue weighted by Gasteiger charge is 2.12. The van der Waals surface area contributed by atoms with E-state index in [1.165, 1.54) is 5.56 Å². The Bertz CT molecular complexity index is 862. The third-order valence-electron chi connectivity index (χ3n) is 3.91. The minimum Gasteiger partial charge on any atom is -0.497 e. The molecule has 25 heavy (non-hydrogen) atoms. The molecule has 0 amide bonds. The van der Waals surface area contributed by atoms with Crippen molar-refractivity contribution in [2.75, 3.05) is 13.7 Å². The van der Waals surface area contributed by atoms with Crippen LogP contribution in [0.3, 0.4) is 0 Å². The SMILES string of the molecule is C#CCNCc1cn(Cc2ccccc2)nc1-c1cccc(OC)c1. The molecule has 0 aliphatic carbocycles. The van der Waals surface area contributed by atoms with Gasteiger partial charge in [0, 0.05) is 23.9 Å². The standard InChI is InChI=1S/C21H21N3O/c1-3-12-22-14-19-16-24(15-17-8-5-4-6-9-17)23-21(19)18-10-7-11-20(13-18)25-2/h1,4-11,13,16,22H,12,14-15H2,2H3. The van der Waals surface area contributed by atoms with Gasteiger partial charge in [-0.3, -0.25) is 4.68 Å². The molecule has 1 aromatic heterocycles. The van der Waals surface area contributed by atoms with Crippen molar-refractivity contribution in [1.29, 1.82) is 0 Å². The van der Waals surface area contributed by atoms with Crippen LogP contribution in [0.1, 0.15) is 11.1 Å². The van der Waals surface area contributed by atoms with Crippen LogP contribution in [0.2, 0.25) is 0 Å². The fraction of sp³-hybridized carbons (Fsp3) is 0.190. The van der Waals surface area contributed by atoms with Gasteiger partial charge in [0.15, 0.2) is 0 Å². The van der Waals surface area contributed by atoms with E-state index in [0.29, 0.717) is 13.1 Å². The lowest BCUT2D eigenvalue weighted by Gasteiger charge is -2.05. The zero-order valence-corrected chi connectivity index (χ0v) is 14.3. The van der Waals surface area contributed by atoms with E-state index in [4.69, 9.17) is 16.3 Å². The third-order valence-corrected chi connectivity index (χ3v) is 3.91. The molecule has 3 aromatic rings. The van der Waals surface area contributed by atoms with Crippen molar-refractivity contribution in [3.63, 3.8) is 0 Å². The number of methoxy groups -OCH3 is 1. The molecule has 0 aliphatic rings. The van der Waals surface area contributed by atoms with Crippen LogP contribution >= 0.6 is 0 Å². The Kier molecular flexibility index (Phi) is 5.50. The van der Waals surface area contributed by atoms with E-state index in [1.54, 1.807) is 7.11 Å². The van der Waals surface area contributed by atoms with Gasteiger partial charge in [-0.05, 0) is 17.7 Å². The van der Waals surface area contributed by atoms with Crippen LogP contribution in [0.5, 0.6) is 5.75 Å². The Morgan fingerprint density at radius 2 is 2.00 bits per heavy atom. The summed E-state index contributed by atoms with van der Waals surface area (Å²) >= 11 is 0. The van der Waals surface area contributed by atoms with E-state index in [0.717, 1.165) is 29.1 Å². The number of rotatable bonds is 7. The Hall–Kier alpha value is -3.03.